The number of nitrogens with one attached hydrogen (secondary N) is 1. The van der Waals surface area contributed by atoms with Gasteiger partial charge in [0.05, 0.1) is 12.4 Å². The summed E-state index contributed by atoms with van der Waals surface area (Å²) in [6.07, 6.45) is 0. The first-order valence-electron chi connectivity index (χ1n) is 7.64. The lowest BCUT2D eigenvalue weighted by atomic mass is 10.2. The second kappa shape index (κ2) is 8.49. The fraction of sp³-hybridized carbons (Fsp3) is 0.375. The number of amides is 1. The van der Waals surface area contributed by atoms with Crippen LogP contribution >= 0.6 is 11.8 Å². The van der Waals surface area contributed by atoms with Crippen molar-refractivity contribution >= 4 is 29.3 Å². The standard InChI is InChI=1S/C16H20N4O3S/c1-4-20-15(12-7-6-8-13(9-12)17-11(3)21)18-19-16(20)24-10-14(22)23-5-2/h6-9H,4-5,10H2,1-3H3,(H,17,21). The van der Waals surface area contributed by atoms with E-state index in [1.165, 1.54) is 18.7 Å². The molecule has 2 aromatic rings. The number of benzene rings is 1. The van der Waals surface area contributed by atoms with Gasteiger partial charge in [0, 0.05) is 24.7 Å². The van der Waals surface area contributed by atoms with Gasteiger partial charge in [-0.25, -0.2) is 0 Å². The number of nitrogens with zero attached hydrogens (tertiary/aromatic N) is 3. The van der Waals surface area contributed by atoms with E-state index in [9.17, 15) is 9.59 Å². The van der Waals surface area contributed by atoms with Crippen LogP contribution in [0, 0.1) is 0 Å². The molecule has 7 nitrogen and oxygen atoms in total. The van der Waals surface area contributed by atoms with Gasteiger partial charge < -0.3 is 14.6 Å². The Bertz CT molecular complexity index is 730. The highest BCUT2D eigenvalue weighted by Gasteiger charge is 2.15. The summed E-state index contributed by atoms with van der Waals surface area (Å²) in [5, 5.41) is 11.8. The first-order valence-corrected chi connectivity index (χ1v) is 8.63. The number of anilines is 1. The molecule has 2 rings (SSSR count). The van der Waals surface area contributed by atoms with Crippen LogP contribution in [0.5, 0.6) is 0 Å². The van der Waals surface area contributed by atoms with Crippen LogP contribution in [0.25, 0.3) is 11.4 Å². The summed E-state index contributed by atoms with van der Waals surface area (Å²) in [7, 11) is 0. The Labute approximate surface area is 144 Å². The average molecular weight is 348 g/mol. The quantitative estimate of drug-likeness (QED) is 0.611. The van der Waals surface area contributed by atoms with Crippen LogP contribution in [0.15, 0.2) is 29.4 Å². The molecule has 0 bridgehead atoms. The average Bonchev–Trinajstić information content (AvgIpc) is 2.95. The lowest BCUT2D eigenvalue weighted by Gasteiger charge is -2.08. The maximum absolute atomic E-state index is 11.5. The van der Waals surface area contributed by atoms with Gasteiger partial charge in [-0.05, 0) is 26.0 Å². The summed E-state index contributed by atoms with van der Waals surface area (Å²) in [6, 6.07) is 7.41. The predicted molar refractivity (Wildman–Crippen MR) is 92.8 cm³/mol. The van der Waals surface area contributed by atoms with Crippen molar-refractivity contribution in [2.75, 3.05) is 17.7 Å². The number of ether oxygens (including phenoxy) is 1. The Hall–Kier alpha value is -2.35. The highest BCUT2D eigenvalue weighted by Crippen LogP contribution is 2.25. The molecule has 0 fully saturated rings. The summed E-state index contributed by atoms with van der Waals surface area (Å²) in [5.74, 6) is 0.478. The molecule has 1 amide bonds. The molecule has 0 aliphatic rings. The molecule has 1 aromatic carbocycles. The largest absolute Gasteiger partial charge is 0.465 e. The molecule has 0 saturated carbocycles. The van der Waals surface area contributed by atoms with E-state index in [0.29, 0.717) is 29.8 Å². The van der Waals surface area contributed by atoms with Gasteiger partial charge in [0.1, 0.15) is 0 Å². The fourth-order valence-corrected chi connectivity index (χ4v) is 2.96. The third kappa shape index (κ3) is 4.58. The molecule has 8 heteroatoms. The molecule has 0 aliphatic carbocycles. The first-order chi connectivity index (χ1) is 11.5. The minimum Gasteiger partial charge on any atom is -0.465 e. The minimum atomic E-state index is -0.276. The van der Waals surface area contributed by atoms with E-state index in [0.717, 1.165) is 5.56 Å². The summed E-state index contributed by atoms with van der Waals surface area (Å²) in [6.45, 7) is 6.25. The Morgan fingerprint density at radius 2 is 2.08 bits per heavy atom. The van der Waals surface area contributed by atoms with Gasteiger partial charge in [0.2, 0.25) is 5.91 Å². The van der Waals surface area contributed by atoms with Crippen LogP contribution in [-0.2, 0) is 20.9 Å². The highest BCUT2D eigenvalue weighted by atomic mass is 32.2. The highest BCUT2D eigenvalue weighted by molar-refractivity contribution is 7.99. The van der Waals surface area contributed by atoms with Crippen molar-refractivity contribution in [3.63, 3.8) is 0 Å². The second-order valence-corrected chi connectivity index (χ2v) is 5.85. The summed E-state index contributed by atoms with van der Waals surface area (Å²) >= 11 is 1.30. The van der Waals surface area contributed by atoms with E-state index in [1.54, 1.807) is 6.92 Å². The van der Waals surface area contributed by atoms with Crippen molar-refractivity contribution in [2.45, 2.75) is 32.5 Å². The molecular formula is C16H20N4O3S. The number of thioether (sulfide) groups is 1. The van der Waals surface area contributed by atoms with E-state index >= 15 is 0 Å². The van der Waals surface area contributed by atoms with Crippen LogP contribution in [-0.4, -0.2) is 39.0 Å². The number of esters is 1. The number of rotatable bonds is 7. The third-order valence-electron chi connectivity index (χ3n) is 3.10. The Morgan fingerprint density at radius 1 is 1.29 bits per heavy atom. The van der Waals surface area contributed by atoms with Crippen molar-refractivity contribution in [3.8, 4) is 11.4 Å². The lowest BCUT2D eigenvalue weighted by Crippen LogP contribution is -2.08. The summed E-state index contributed by atoms with van der Waals surface area (Å²) in [4.78, 5) is 22.7. The molecule has 0 atom stereocenters. The molecular weight excluding hydrogens is 328 g/mol. The number of aromatic nitrogens is 3. The summed E-state index contributed by atoms with van der Waals surface area (Å²) in [5.41, 5.74) is 1.55. The Morgan fingerprint density at radius 3 is 2.75 bits per heavy atom. The molecule has 0 spiro atoms. The van der Waals surface area contributed by atoms with Crippen molar-refractivity contribution in [1.29, 1.82) is 0 Å². The lowest BCUT2D eigenvalue weighted by molar-refractivity contribution is -0.139. The van der Waals surface area contributed by atoms with Gasteiger partial charge in [-0.3, -0.25) is 9.59 Å². The van der Waals surface area contributed by atoms with E-state index in [2.05, 4.69) is 15.5 Å². The van der Waals surface area contributed by atoms with Gasteiger partial charge in [0.25, 0.3) is 0 Å². The number of carbonyl (C=O) groups is 2. The molecule has 0 radical (unpaired) electrons. The smallest absolute Gasteiger partial charge is 0.316 e. The minimum absolute atomic E-state index is 0.130. The zero-order chi connectivity index (χ0) is 17.5. The van der Waals surface area contributed by atoms with Crippen molar-refractivity contribution in [3.05, 3.63) is 24.3 Å². The van der Waals surface area contributed by atoms with Crippen LogP contribution in [0.2, 0.25) is 0 Å². The molecule has 0 saturated heterocycles. The molecule has 1 heterocycles. The maximum atomic E-state index is 11.5. The topological polar surface area (TPSA) is 86.1 Å². The van der Waals surface area contributed by atoms with Gasteiger partial charge >= 0.3 is 5.97 Å². The molecule has 1 aromatic heterocycles. The zero-order valence-electron chi connectivity index (χ0n) is 13.9. The van der Waals surface area contributed by atoms with E-state index < -0.39 is 0 Å². The van der Waals surface area contributed by atoms with Gasteiger partial charge in [-0.15, -0.1) is 10.2 Å². The molecule has 24 heavy (non-hydrogen) atoms. The SMILES string of the molecule is CCOC(=O)CSc1nnc(-c2cccc(NC(C)=O)c2)n1CC. The van der Waals surface area contributed by atoms with Gasteiger partial charge in [-0.2, -0.15) is 0 Å². The first kappa shape index (κ1) is 18.0. The Balaban J connectivity index is 2.22. The van der Waals surface area contributed by atoms with Crippen LogP contribution in [0.4, 0.5) is 5.69 Å². The van der Waals surface area contributed by atoms with Crippen molar-refractivity contribution < 1.29 is 14.3 Å². The maximum Gasteiger partial charge on any atom is 0.316 e. The van der Waals surface area contributed by atoms with Gasteiger partial charge in [-0.1, -0.05) is 23.9 Å². The monoisotopic (exact) mass is 348 g/mol. The number of hydrogen-bond donors (Lipinski definition) is 1. The number of hydrogen-bond acceptors (Lipinski definition) is 6. The molecule has 0 aliphatic heterocycles. The molecule has 1 N–H and O–H groups in total. The normalized spacial score (nSPS) is 10.5. The zero-order valence-corrected chi connectivity index (χ0v) is 14.7. The number of carbonyl (C=O) groups excluding carboxylic acids is 2. The van der Waals surface area contributed by atoms with Crippen molar-refractivity contribution in [2.24, 2.45) is 0 Å². The van der Waals surface area contributed by atoms with Crippen molar-refractivity contribution in [1.82, 2.24) is 14.8 Å². The second-order valence-electron chi connectivity index (χ2n) is 4.91. The van der Waals surface area contributed by atoms with E-state index in [4.69, 9.17) is 4.74 Å². The van der Waals surface area contributed by atoms with Crippen LogP contribution in [0.1, 0.15) is 20.8 Å². The van der Waals surface area contributed by atoms with Crippen LogP contribution in [0.3, 0.4) is 0 Å². The predicted octanol–water partition coefficient (Wildman–Crippen LogP) is 2.58. The molecule has 0 unspecified atom stereocenters. The van der Waals surface area contributed by atoms with Crippen LogP contribution < -0.4 is 5.32 Å². The summed E-state index contributed by atoms with van der Waals surface area (Å²) < 4.78 is 6.85. The van der Waals surface area contributed by atoms with Gasteiger partial charge in [0.15, 0.2) is 11.0 Å². The molecule has 128 valence electrons. The van der Waals surface area contributed by atoms with E-state index in [1.807, 2.05) is 35.8 Å². The Kier molecular flexibility index (Phi) is 6.36. The van der Waals surface area contributed by atoms with E-state index in [-0.39, 0.29) is 17.6 Å². The third-order valence-corrected chi connectivity index (χ3v) is 4.04. The fourth-order valence-electron chi connectivity index (χ4n) is 2.16.